The second-order valence-electron chi connectivity index (χ2n) is 5.04. The molecular formula is C13H17FN2O3S2. The average molecular weight is 332 g/mol. The van der Waals surface area contributed by atoms with Gasteiger partial charge < -0.3 is 10.8 Å². The number of aliphatic hydroxyl groups excluding tert-OH is 1. The molecule has 0 aliphatic carbocycles. The molecular weight excluding hydrogens is 315 g/mol. The summed E-state index contributed by atoms with van der Waals surface area (Å²) in [6, 6.07) is 3.44. The van der Waals surface area contributed by atoms with Gasteiger partial charge >= 0.3 is 0 Å². The number of hydrogen-bond acceptors (Lipinski definition) is 4. The Hall–Kier alpha value is -1.09. The van der Waals surface area contributed by atoms with Crippen molar-refractivity contribution in [2.45, 2.75) is 17.7 Å². The van der Waals surface area contributed by atoms with Gasteiger partial charge in [0.15, 0.2) is 0 Å². The van der Waals surface area contributed by atoms with E-state index in [1.165, 1.54) is 16.4 Å². The first kappa shape index (κ1) is 16.3. The average Bonchev–Trinajstić information content (AvgIpc) is 2.47. The number of thiocarbonyl (C=S) groups is 1. The largest absolute Gasteiger partial charge is 0.396 e. The quantitative estimate of drug-likeness (QED) is 0.799. The fraction of sp³-hybridized carbons (Fsp3) is 0.462. The van der Waals surface area contributed by atoms with Crippen LogP contribution in [0.1, 0.15) is 18.4 Å². The highest BCUT2D eigenvalue weighted by atomic mass is 32.2. The van der Waals surface area contributed by atoms with E-state index in [1.54, 1.807) is 0 Å². The Morgan fingerprint density at radius 2 is 2.05 bits per heavy atom. The first-order valence-corrected chi connectivity index (χ1v) is 8.41. The third-order valence-corrected chi connectivity index (χ3v) is 5.79. The molecule has 0 aromatic heterocycles. The molecule has 1 aromatic carbocycles. The van der Waals surface area contributed by atoms with Gasteiger partial charge in [0.1, 0.15) is 10.8 Å². The number of hydrogen-bond donors (Lipinski definition) is 2. The molecule has 116 valence electrons. The van der Waals surface area contributed by atoms with Crippen LogP contribution in [0.15, 0.2) is 23.1 Å². The molecule has 1 saturated heterocycles. The van der Waals surface area contributed by atoms with Crippen LogP contribution >= 0.6 is 12.2 Å². The van der Waals surface area contributed by atoms with E-state index in [-0.39, 0.29) is 28.0 Å². The summed E-state index contributed by atoms with van der Waals surface area (Å²) in [5, 5.41) is 9.09. The smallest absolute Gasteiger partial charge is 0.243 e. The van der Waals surface area contributed by atoms with Crippen molar-refractivity contribution < 1.29 is 17.9 Å². The minimum atomic E-state index is -3.70. The number of piperidine rings is 1. The summed E-state index contributed by atoms with van der Waals surface area (Å²) >= 11 is 4.72. The van der Waals surface area contributed by atoms with Crippen LogP contribution in [-0.2, 0) is 10.0 Å². The monoisotopic (exact) mass is 332 g/mol. The molecule has 0 atom stereocenters. The van der Waals surface area contributed by atoms with Crippen molar-refractivity contribution in [1.29, 1.82) is 0 Å². The molecule has 21 heavy (non-hydrogen) atoms. The van der Waals surface area contributed by atoms with Gasteiger partial charge in [0, 0.05) is 25.3 Å². The Bertz CT molecular complexity index is 641. The van der Waals surface area contributed by atoms with Gasteiger partial charge in [0.05, 0.1) is 4.90 Å². The number of nitrogens with two attached hydrogens (primary N) is 1. The van der Waals surface area contributed by atoms with Gasteiger partial charge in [-0.3, -0.25) is 0 Å². The molecule has 1 heterocycles. The molecule has 0 amide bonds. The Balaban J connectivity index is 2.28. The Morgan fingerprint density at radius 3 is 2.57 bits per heavy atom. The van der Waals surface area contributed by atoms with Crippen molar-refractivity contribution >= 4 is 27.2 Å². The zero-order chi connectivity index (χ0) is 15.6. The molecule has 0 spiro atoms. The van der Waals surface area contributed by atoms with Crippen LogP contribution in [-0.4, -0.2) is 42.5 Å². The Labute approximate surface area is 128 Å². The van der Waals surface area contributed by atoms with Gasteiger partial charge in [0.2, 0.25) is 10.0 Å². The molecule has 1 aliphatic rings. The Kier molecular flexibility index (Phi) is 4.92. The van der Waals surface area contributed by atoms with Crippen molar-refractivity contribution in [2.24, 2.45) is 11.7 Å². The number of nitrogens with zero attached hydrogens (tertiary/aromatic N) is 1. The zero-order valence-corrected chi connectivity index (χ0v) is 13.0. The standard InChI is InChI=1S/C13H17FN2O3S2/c14-12-2-1-10(7-11(12)13(15)20)21(18,19)16-5-3-9(8-17)4-6-16/h1-2,7,9,17H,3-6,8H2,(H2,15,20). The molecule has 0 unspecified atom stereocenters. The van der Waals surface area contributed by atoms with Gasteiger partial charge in [-0.1, -0.05) is 12.2 Å². The third kappa shape index (κ3) is 3.39. The second-order valence-corrected chi connectivity index (χ2v) is 7.41. The molecule has 1 aliphatic heterocycles. The number of benzene rings is 1. The fourth-order valence-corrected chi connectivity index (χ4v) is 3.99. The lowest BCUT2D eigenvalue weighted by Crippen LogP contribution is -2.39. The lowest BCUT2D eigenvalue weighted by atomic mass is 10.00. The SMILES string of the molecule is NC(=S)c1cc(S(=O)(=O)N2CCC(CO)CC2)ccc1F. The summed E-state index contributed by atoms with van der Waals surface area (Å²) in [6.07, 6.45) is 1.22. The van der Waals surface area contributed by atoms with E-state index in [1.807, 2.05) is 0 Å². The van der Waals surface area contributed by atoms with E-state index in [0.29, 0.717) is 25.9 Å². The predicted molar refractivity (Wildman–Crippen MR) is 80.9 cm³/mol. The van der Waals surface area contributed by atoms with Crippen LogP contribution in [0.4, 0.5) is 4.39 Å². The highest BCUT2D eigenvalue weighted by Gasteiger charge is 2.29. The van der Waals surface area contributed by atoms with Crippen molar-refractivity contribution in [3.8, 4) is 0 Å². The van der Waals surface area contributed by atoms with Crippen molar-refractivity contribution in [2.75, 3.05) is 19.7 Å². The van der Waals surface area contributed by atoms with Gasteiger partial charge in [0.25, 0.3) is 0 Å². The summed E-state index contributed by atoms with van der Waals surface area (Å²) in [6.45, 7) is 0.747. The lowest BCUT2D eigenvalue weighted by Gasteiger charge is -2.30. The number of sulfonamides is 1. The first-order chi connectivity index (χ1) is 9.86. The summed E-state index contributed by atoms with van der Waals surface area (Å²) in [5.74, 6) is -0.503. The zero-order valence-electron chi connectivity index (χ0n) is 11.3. The molecule has 0 bridgehead atoms. The maximum absolute atomic E-state index is 13.5. The van der Waals surface area contributed by atoms with Gasteiger partial charge in [-0.15, -0.1) is 0 Å². The second kappa shape index (κ2) is 6.35. The molecule has 3 N–H and O–H groups in total. The van der Waals surface area contributed by atoms with Crippen molar-refractivity contribution in [3.05, 3.63) is 29.6 Å². The van der Waals surface area contributed by atoms with E-state index in [9.17, 15) is 12.8 Å². The number of rotatable bonds is 4. The van der Waals surface area contributed by atoms with E-state index in [2.05, 4.69) is 0 Å². The van der Waals surface area contributed by atoms with Gasteiger partial charge in [-0.2, -0.15) is 4.31 Å². The Morgan fingerprint density at radius 1 is 1.43 bits per heavy atom. The topological polar surface area (TPSA) is 83.6 Å². The van der Waals surface area contributed by atoms with E-state index >= 15 is 0 Å². The molecule has 0 radical (unpaired) electrons. The van der Waals surface area contributed by atoms with Crippen LogP contribution in [0.5, 0.6) is 0 Å². The van der Waals surface area contributed by atoms with E-state index in [0.717, 1.165) is 6.07 Å². The summed E-state index contributed by atoms with van der Waals surface area (Å²) in [4.78, 5) is -0.197. The van der Waals surface area contributed by atoms with Crippen LogP contribution < -0.4 is 5.73 Å². The summed E-state index contributed by atoms with van der Waals surface area (Å²) < 4.78 is 39.9. The molecule has 1 fully saturated rings. The van der Waals surface area contributed by atoms with Gasteiger partial charge in [-0.25, -0.2) is 12.8 Å². The van der Waals surface area contributed by atoms with Crippen LogP contribution in [0.2, 0.25) is 0 Å². The minimum absolute atomic E-state index is 0.0193. The van der Waals surface area contributed by atoms with E-state index < -0.39 is 15.8 Å². The maximum Gasteiger partial charge on any atom is 0.243 e. The van der Waals surface area contributed by atoms with Gasteiger partial charge in [-0.05, 0) is 37.0 Å². The fourth-order valence-electron chi connectivity index (χ4n) is 2.33. The summed E-state index contributed by atoms with van der Waals surface area (Å²) in [5.41, 5.74) is 5.32. The first-order valence-electron chi connectivity index (χ1n) is 6.56. The van der Waals surface area contributed by atoms with Crippen LogP contribution in [0.3, 0.4) is 0 Å². The normalized spacial score (nSPS) is 17.8. The highest BCUT2D eigenvalue weighted by molar-refractivity contribution is 7.89. The predicted octanol–water partition coefficient (Wildman–Crippen LogP) is 0.853. The van der Waals surface area contributed by atoms with Crippen molar-refractivity contribution in [1.82, 2.24) is 4.31 Å². The third-order valence-electron chi connectivity index (χ3n) is 3.67. The molecule has 5 nitrogen and oxygen atoms in total. The van der Waals surface area contributed by atoms with Crippen LogP contribution in [0, 0.1) is 11.7 Å². The lowest BCUT2D eigenvalue weighted by molar-refractivity contribution is 0.170. The minimum Gasteiger partial charge on any atom is -0.396 e. The van der Waals surface area contributed by atoms with Crippen molar-refractivity contribution in [3.63, 3.8) is 0 Å². The molecule has 2 rings (SSSR count). The molecule has 1 aromatic rings. The highest BCUT2D eigenvalue weighted by Crippen LogP contribution is 2.24. The maximum atomic E-state index is 13.5. The van der Waals surface area contributed by atoms with E-state index in [4.69, 9.17) is 23.1 Å². The summed E-state index contributed by atoms with van der Waals surface area (Å²) in [7, 11) is -3.70. The number of aliphatic hydroxyl groups is 1. The van der Waals surface area contributed by atoms with Crippen LogP contribution in [0.25, 0.3) is 0 Å². The number of halogens is 1. The molecule has 8 heteroatoms. The molecule has 0 saturated carbocycles.